The third-order valence-corrected chi connectivity index (χ3v) is 5.52. The van der Waals surface area contributed by atoms with E-state index in [1.165, 1.54) is 5.57 Å². The molecule has 1 aromatic heterocycles. The molecule has 0 saturated heterocycles. The zero-order valence-electron chi connectivity index (χ0n) is 17.1. The Balaban J connectivity index is 1.90. The Morgan fingerprint density at radius 2 is 1.65 bits per heavy atom. The second-order valence-electron chi connectivity index (χ2n) is 7.28. The van der Waals surface area contributed by atoms with Crippen molar-refractivity contribution in [3.63, 3.8) is 0 Å². The van der Waals surface area contributed by atoms with Gasteiger partial charge in [0, 0.05) is 33.3 Å². The summed E-state index contributed by atoms with van der Waals surface area (Å²) in [5.41, 5.74) is 7.48. The average Bonchev–Trinajstić information content (AvgIpc) is 3.21. The molecule has 3 nitrogen and oxygen atoms in total. The molecule has 4 rings (SSSR count). The Morgan fingerprint density at radius 1 is 0.968 bits per heavy atom. The van der Waals surface area contributed by atoms with Gasteiger partial charge in [0.25, 0.3) is 0 Å². The largest absolute Gasteiger partial charge is 0.478 e. The Kier molecular flexibility index (Phi) is 6.06. The monoisotopic (exact) mass is 427 g/mol. The third-order valence-electron chi connectivity index (χ3n) is 5.27. The lowest BCUT2D eigenvalue weighted by atomic mass is 9.90. The fourth-order valence-electron chi connectivity index (χ4n) is 3.81. The molecule has 4 heteroatoms. The number of aromatic amines is 1. The zero-order valence-corrected chi connectivity index (χ0v) is 17.9. The van der Waals surface area contributed by atoms with Crippen molar-refractivity contribution in [2.75, 3.05) is 0 Å². The van der Waals surface area contributed by atoms with Gasteiger partial charge in [-0.25, -0.2) is 4.79 Å². The van der Waals surface area contributed by atoms with E-state index in [2.05, 4.69) is 30.1 Å². The smallest absolute Gasteiger partial charge is 0.328 e. The summed E-state index contributed by atoms with van der Waals surface area (Å²) in [6.45, 7) is 2.15. The van der Waals surface area contributed by atoms with E-state index in [1.54, 1.807) is 6.08 Å². The molecule has 0 saturated carbocycles. The van der Waals surface area contributed by atoms with Crippen molar-refractivity contribution in [3.05, 3.63) is 112 Å². The van der Waals surface area contributed by atoms with Gasteiger partial charge in [-0.2, -0.15) is 0 Å². The van der Waals surface area contributed by atoms with Crippen molar-refractivity contribution in [1.82, 2.24) is 4.98 Å². The molecule has 31 heavy (non-hydrogen) atoms. The molecule has 0 amide bonds. The summed E-state index contributed by atoms with van der Waals surface area (Å²) in [5, 5.41) is 10.7. The van der Waals surface area contributed by atoms with Crippen LogP contribution in [0.1, 0.15) is 35.7 Å². The second-order valence-corrected chi connectivity index (χ2v) is 7.71. The maximum atomic E-state index is 10.8. The average molecular weight is 428 g/mol. The minimum atomic E-state index is -0.959. The Morgan fingerprint density at radius 3 is 2.29 bits per heavy atom. The van der Waals surface area contributed by atoms with Gasteiger partial charge in [0.05, 0.1) is 0 Å². The summed E-state index contributed by atoms with van der Waals surface area (Å²) in [6, 6.07) is 26.3. The van der Waals surface area contributed by atoms with Gasteiger partial charge in [-0.15, -0.1) is 0 Å². The SMILES string of the molecule is CC/C(=C(/c1ccc(/C=C/C(=O)O)cc1)c1cc2ccccc2[nH]1)c1ccc(Cl)cc1. The van der Waals surface area contributed by atoms with Crippen LogP contribution in [-0.2, 0) is 4.79 Å². The van der Waals surface area contributed by atoms with Crippen LogP contribution in [0.25, 0.3) is 28.1 Å². The van der Waals surface area contributed by atoms with Gasteiger partial charge in [0.1, 0.15) is 0 Å². The number of fused-ring (bicyclic) bond motifs is 1. The molecule has 0 bridgehead atoms. The standard InChI is InChI=1S/C27H22ClNO2/c1-2-23(19-12-14-22(28)15-13-19)27(25-17-21-5-3-4-6-24(21)29-25)20-10-7-18(8-11-20)9-16-26(30)31/h3-17,29H,2H2,1H3,(H,30,31)/b16-9+,27-23+. The van der Waals surface area contributed by atoms with Gasteiger partial charge in [-0.3, -0.25) is 0 Å². The maximum absolute atomic E-state index is 10.8. The lowest BCUT2D eigenvalue weighted by molar-refractivity contribution is -0.131. The van der Waals surface area contributed by atoms with Gasteiger partial charge < -0.3 is 10.1 Å². The Bertz CT molecular complexity index is 1250. The maximum Gasteiger partial charge on any atom is 0.328 e. The lowest BCUT2D eigenvalue weighted by Crippen LogP contribution is -1.95. The third kappa shape index (κ3) is 4.62. The number of hydrogen-bond acceptors (Lipinski definition) is 1. The minimum Gasteiger partial charge on any atom is -0.478 e. The first-order chi connectivity index (χ1) is 15.0. The number of hydrogen-bond donors (Lipinski definition) is 2. The molecule has 0 aliphatic carbocycles. The van der Waals surface area contributed by atoms with E-state index in [0.29, 0.717) is 5.02 Å². The van der Waals surface area contributed by atoms with E-state index in [-0.39, 0.29) is 0 Å². The molecule has 0 atom stereocenters. The van der Waals surface area contributed by atoms with E-state index in [1.807, 2.05) is 60.7 Å². The summed E-state index contributed by atoms with van der Waals surface area (Å²) in [6.07, 6.45) is 3.58. The van der Waals surface area contributed by atoms with Crippen LogP contribution in [0.5, 0.6) is 0 Å². The molecule has 0 fully saturated rings. The minimum absolute atomic E-state index is 0.709. The fourth-order valence-corrected chi connectivity index (χ4v) is 3.93. The first kappa shape index (κ1) is 20.7. The number of nitrogens with one attached hydrogen (secondary N) is 1. The van der Waals surface area contributed by atoms with Crippen molar-refractivity contribution in [1.29, 1.82) is 0 Å². The molecule has 0 aliphatic heterocycles. The van der Waals surface area contributed by atoms with Gasteiger partial charge in [0.15, 0.2) is 0 Å². The van der Waals surface area contributed by atoms with Crippen LogP contribution in [0.2, 0.25) is 5.02 Å². The summed E-state index contributed by atoms with van der Waals surface area (Å²) >= 11 is 6.13. The number of carboxylic acids is 1. The fraction of sp³-hybridized carbons (Fsp3) is 0.0741. The highest BCUT2D eigenvalue weighted by Gasteiger charge is 2.15. The van der Waals surface area contributed by atoms with Crippen molar-refractivity contribution in [3.8, 4) is 0 Å². The van der Waals surface area contributed by atoms with E-state index in [9.17, 15) is 4.79 Å². The topological polar surface area (TPSA) is 53.1 Å². The molecular weight excluding hydrogens is 406 g/mol. The second kappa shape index (κ2) is 9.07. The van der Waals surface area contributed by atoms with Crippen molar-refractivity contribution >= 4 is 45.7 Å². The highest BCUT2D eigenvalue weighted by Crippen LogP contribution is 2.35. The van der Waals surface area contributed by atoms with Crippen LogP contribution in [0.4, 0.5) is 0 Å². The molecule has 0 radical (unpaired) electrons. The molecule has 2 N–H and O–H groups in total. The Labute approximate surface area is 186 Å². The van der Waals surface area contributed by atoms with Crippen molar-refractivity contribution in [2.24, 2.45) is 0 Å². The quantitative estimate of drug-likeness (QED) is 0.251. The van der Waals surface area contributed by atoms with Crippen LogP contribution in [0.3, 0.4) is 0 Å². The number of rotatable bonds is 6. The van der Waals surface area contributed by atoms with Crippen LogP contribution in [0, 0.1) is 0 Å². The number of halogens is 1. The number of benzene rings is 3. The number of allylic oxidation sites excluding steroid dienone is 1. The number of para-hydroxylation sites is 1. The highest BCUT2D eigenvalue weighted by atomic mass is 35.5. The van der Waals surface area contributed by atoms with E-state index >= 15 is 0 Å². The predicted octanol–water partition coefficient (Wildman–Crippen LogP) is 7.29. The van der Waals surface area contributed by atoms with Gasteiger partial charge >= 0.3 is 5.97 Å². The first-order valence-electron chi connectivity index (χ1n) is 10.1. The van der Waals surface area contributed by atoms with Gasteiger partial charge in [-0.1, -0.05) is 73.1 Å². The summed E-state index contributed by atoms with van der Waals surface area (Å²) in [7, 11) is 0. The van der Waals surface area contributed by atoms with Gasteiger partial charge in [-0.05, 0) is 59.0 Å². The molecule has 0 spiro atoms. The number of carbonyl (C=O) groups is 1. The van der Waals surface area contributed by atoms with Crippen LogP contribution < -0.4 is 0 Å². The number of H-pyrrole nitrogens is 1. The molecule has 3 aromatic carbocycles. The number of aromatic nitrogens is 1. The van der Waals surface area contributed by atoms with Crippen molar-refractivity contribution in [2.45, 2.75) is 13.3 Å². The zero-order chi connectivity index (χ0) is 21.8. The lowest BCUT2D eigenvalue weighted by Gasteiger charge is -2.15. The van der Waals surface area contributed by atoms with Crippen LogP contribution >= 0.6 is 11.6 Å². The molecule has 1 heterocycles. The normalized spacial score (nSPS) is 12.3. The predicted molar refractivity (Wildman–Crippen MR) is 129 cm³/mol. The van der Waals surface area contributed by atoms with Crippen LogP contribution in [-0.4, -0.2) is 16.1 Å². The summed E-state index contributed by atoms with van der Waals surface area (Å²) in [5.74, 6) is -0.959. The van der Waals surface area contributed by atoms with Crippen LogP contribution in [0.15, 0.2) is 84.9 Å². The molecule has 154 valence electrons. The molecule has 0 unspecified atom stereocenters. The van der Waals surface area contributed by atoms with E-state index in [0.717, 1.165) is 51.4 Å². The summed E-state index contributed by atoms with van der Waals surface area (Å²) < 4.78 is 0. The number of carboxylic acid groups (broad SMARTS) is 1. The number of aliphatic carboxylic acids is 1. The van der Waals surface area contributed by atoms with Gasteiger partial charge in [0.2, 0.25) is 0 Å². The van der Waals surface area contributed by atoms with Crippen molar-refractivity contribution < 1.29 is 9.90 Å². The molecule has 0 aliphatic rings. The molecule has 4 aromatic rings. The Hall–Kier alpha value is -3.56. The summed E-state index contributed by atoms with van der Waals surface area (Å²) in [4.78, 5) is 14.4. The first-order valence-corrected chi connectivity index (χ1v) is 10.5. The van der Waals surface area contributed by atoms with E-state index in [4.69, 9.17) is 16.7 Å². The molecular formula is C27H22ClNO2. The highest BCUT2D eigenvalue weighted by molar-refractivity contribution is 6.30. The van der Waals surface area contributed by atoms with E-state index < -0.39 is 5.97 Å².